The van der Waals surface area contributed by atoms with Crippen LogP contribution in [0, 0.1) is 0 Å². The van der Waals surface area contributed by atoms with Crippen LogP contribution in [0.15, 0.2) is 4.42 Å². The molecule has 0 saturated heterocycles. The summed E-state index contributed by atoms with van der Waals surface area (Å²) in [6.45, 7) is 4.70. The number of rotatable bonds is 4. The molecule has 1 aromatic rings. The van der Waals surface area contributed by atoms with Gasteiger partial charge >= 0.3 is 6.01 Å². The van der Waals surface area contributed by atoms with Crippen molar-refractivity contribution in [2.24, 2.45) is 5.73 Å². The van der Waals surface area contributed by atoms with Crippen molar-refractivity contribution >= 4 is 6.01 Å². The van der Waals surface area contributed by atoms with Crippen molar-refractivity contribution < 1.29 is 4.42 Å². The van der Waals surface area contributed by atoms with Gasteiger partial charge in [0.15, 0.2) is 0 Å². The highest BCUT2D eigenvalue weighted by Crippen LogP contribution is 2.10. The molecule has 0 radical (unpaired) electrons. The Hall–Kier alpha value is -1.10. The van der Waals surface area contributed by atoms with Gasteiger partial charge in [-0.2, -0.15) is 0 Å². The SMILES string of the molecule is CCCNc1nnc(C(C)N)o1. The minimum atomic E-state index is -0.199. The van der Waals surface area contributed by atoms with E-state index in [2.05, 4.69) is 22.4 Å². The third-order valence-electron chi connectivity index (χ3n) is 1.36. The Labute approximate surface area is 71.3 Å². The summed E-state index contributed by atoms with van der Waals surface area (Å²) in [7, 11) is 0. The molecule has 1 atom stereocenters. The smallest absolute Gasteiger partial charge is 0.315 e. The fourth-order valence-corrected chi connectivity index (χ4v) is 0.722. The molecule has 0 saturated carbocycles. The van der Waals surface area contributed by atoms with E-state index >= 15 is 0 Å². The lowest BCUT2D eigenvalue weighted by Gasteiger charge is -1.97. The number of anilines is 1. The molecule has 1 unspecified atom stereocenters. The summed E-state index contributed by atoms with van der Waals surface area (Å²) in [6, 6.07) is 0.249. The van der Waals surface area contributed by atoms with Gasteiger partial charge in [0, 0.05) is 6.54 Å². The van der Waals surface area contributed by atoms with E-state index in [4.69, 9.17) is 10.2 Å². The van der Waals surface area contributed by atoms with Gasteiger partial charge in [-0.05, 0) is 13.3 Å². The lowest BCUT2D eigenvalue weighted by molar-refractivity contribution is 0.472. The van der Waals surface area contributed by atoms with E-state index in [0.717, 1.165) is 13.0 Å². The van der Waals surface area contributed by atoms with E-state index in [1.807, 2.05) is 0 Å². The molecule has 0 amide bonds. The van der Waals surface area contributed by atoms with Crippen LogP contribution >= 0.6 is 0 Å². The van der Waals surface area contributed by atoms with Gasteiger partial charge in [0.1, 0.15) is 0 Å². The minimum Gasteiger partial charge on any atom is -0.406 e. The zero-order chi connectivity index (χ0) is 8.97. The molecule has 1 rings (SSSR count). The first kappa shape index (κ1) is 8.99. The lowest BCUT2D eigenvalue weighted by Crippen LogP contribution is -2.04. The summed E-state index contributed by atoms with van der Waals surface area (Å²) in [5.41, 5.74) is 5.53. The van der Waals surface area contributed by atoms with E-state index in [0.29, 0.717) is 11.9 Å². The van der Waals surface area contributed by atoms with Gasteiger partial charge in [0.2, 0.25) is 5.89 Å². The molecular weight excluding hydrogens is 156 g/mol. The predicted octanol–water partition coefficient (Wildman–Crippen LogP) is 0.911. The normalized spacial score (nSPS) is 12.9. The van der Waals surface area contributed by atoms with Crippen LogP contribution < -0.4 is 11.1 Å². The van der Waals surface area contributed by atoms with Crippen LogP contribution in [-0.4, -0.2) is 16.7 Å². The fraction of sp³-hybridized carbons (Fsp3) is 0.714. The summed E-state index contributed by atoms with van der Waals surface area (Å²) < 4.78 is 5.19. The number of hydrogen-bond donors (Lipinski definition) is 2. The second-order valence-electron chi connectivity index (χ2n) is 2.66. The summed E-state index contributed by atoms with van der Waals surface area (Å²) in [5, 5.41) is 10.5. The fourth-order valence-electron chi connectivity index (χ4n) is 0.722. The Balaban J connectivity index is 2.52. The van der Waals surface area contributed by atoms with Gasteiger partial charge in [-0.15, -0.1) is 5.10 Å². The maximum atomic E-state index is 5.53. The lowest BCUT2D eigenvalue weighted by atomic mass is 10.4. The van der Waals surface area contributed by atoms with E-state index < -0.39 is 0 Å². The summed E-state index contributed by atoms with van der Waals surface area (Å²) in [6.07, 6.45) is 1.02. The molecule has 0 aromatic carbocycles. The Morgan fingerprint density at radius 1 is 1.58 bits per heavy atom. The number of nitrogens with zero attached hydrogens (tertiary/aromatic N) is 2. The van der Waals surface area contributed by atoms with Crippen molar-refractivity contribution in [1.82, 2.24) is 10.2 Å². The van der Waals surface area contributed by atoms with Gasteiger partial charge in [-0.1, -0.05) is 12.0 Å². The highest BCUT2D eigenvalue weighted by molar-refractivity contribution is 5.16. The minimum absolute atomic E-state index is 0.199. The van der Waals surface area contributed by atoms with Crippen LogP contribution in [0.1, 0.15) is 32.2 Å². The molecule has 0 aliphatic carbocycles. The van der Waals surface area contributed by atoms with Crippen molar-refractivity contribution in [2.45, 2.75) is 26.3 Å². The van der Waals surface area contributed by atoms with Gasteiger partial charge in [-0.3, -0.25) is 0 Å². The van der Waals surface area contributed by atoms with E-state index in [9.17, 15) is 0 Å². The number of nitrogens with two attached hydrogens (primary N) is 1. The zero-order valence-electron chi connectivity index (χ0n) is 7.37. The molecule has 1 heterocycles. The topological polar surface area (TPSA) is 77.0 Å². The number of aromatic nitrogens is 2. The molecule has 0 bridgehead atoms. The van der Waals surface area contributed by atoms with Crippen LogP contribution in [0.2, 0.25) is 0 Å². The van der Waals surface area contributed by atoms with Crippen LogP contribution in [0.25, 0.3) is 0 Å². The molecule has 5 heteroatoms. The molecule has 0 fully saturated rings. The Morgan fingerprint density at radius 3 is 2.83 bits per heavy atom. The summed E-state index contributed by atoms with van der Waals surface area (Å²) in [5.74, 6) is 0.466. The Morgan fingerprint density at radius 2 is 2.33 bits per heavy atom. The molecule has 3 N–H and O–H groups in total. The Bertz CT molecular complexity index is 233. The molecule has 12 heavy (non-hydrogen) atoms. The van der Waals surface area contributed by atoms with Crippen molar-refractivity contribution in [3.05, 3.63) is 5.89 Å². The second kappa shape index (κ2) is 4.06. The third kappa shape index (κ3) is 2.20. The van der Waals surface area contributed by atoms with E-state index in [-0.39, 0.29) is 6.04 Å². The first-order valence-electron chi connectivity index (χ1n) is 4.07. The average Bonchev–Trinajstić information content (AvgIpc) is 2.48. The first-order valence-corrected chi connectivity index (χ1v) is 4.07. The molecule has 0 aliphatic heterocycles. The molecule has 5 nitrogen and oxygen atoms in total. The van der Waals surface area contributed by atoms with Gasteiger partial charge < -0.3 is 15.5 Å². The molecule has 1 aromatic heterocycles. The van der Waals surface area contributed by atoms with E-state index in [1.165, 1.54) is 0 Å². The van der Waals surface area contributed by atoms with Crippen LogP contribution in [-0.2, 0) is 0 Å². The average molecular weight is 170 g/mol. The van der Waals surface area contributed by atoms with Crippen molar-refractivity contribution in [1.29, 1.82) is 0 Å². The largest absolute Gasteiger partial charge is 0.406 e. The van der Waals surface area contributed by atoms with Crippen LogP contribution in [0.3, 0.4) is 0 Å². The quantitative estimate of drug-likeness (QED) is 0.702. The number of nitrogens with one attached hydrogen (secondary N) is 1. The Kier molecular flexibility index (Phi) is 3.04. The molecular formula is C7H14N4O. The third-order valence-corrected chi connectivity index (χ3v) is 1.36. The molecule has 0 aliphatic rings. The van der Waals surface area contributed by atoms with Gasteiger partial charge in [0.05, 0.1) is 6.04 Å². The zero-order valence-corrected chi connectivity index (χ0v) is 7.37. The molecule has 0 spiro atoms. The monoisotopic (exact) mass is 170 g/mol. The van der Waals surface area contributed by atoms with Crippen molar-refractivity contribution in [3.63, 3.8) is 0 Å². The maximum absolute atomic E-state index is 5.53. The van der Waals surface area contributed by atoms with Crippen molar-refractivity contribution in [2.75, 3.05) is 11.9 Å². The van der Waals surface area contributed by atoms with Crippen molar-refractivity contribution in [3.8, 4) is 0 Å². The summed E-state index contributed by atoms with van der Waals surface area (Å²) in [4.78, 5) is 0. The van der Waals surface area contributed by atoms with Crippen LogP contribution in [0.4, 0.5) is 6.01 Å². The van der Waals surface area contributed by atoms with E-state index in [1.54, 1.807) is 6.92 Å². The predicted molar refractivity (Wildman–Crippen MR) is 45.7 cm³/mol. The maximum Gasteiger partial charge on any atom is 0.315 e. The standard InChI is InChI=1S/C7H14N4O/c1-3-4-9-7-11-10-6(12-7)5(2)8/h5H,3-4,8H2,1-2H3,(H,9,11). The summed E-state index contributed by atoms with van der Waals surface area (Å²) >= 11 is 0. The highest BCUT2D eigenvalue weighted by Gasteiger charge is 2.08. The molecule has 68 valence electrons. The van der Waals surface area contributed by atoms with Crippen LogP contribution in [0.5, 0.6) is 0 Å². The highest BCUT2D eigenvalue weighted by atomic mass is 16.4. The van der Waals surface area contributed by atoms with Gasteiger partial charge in [-0.25, -0.2) is 0 Å². The number of hydrogen-bond acceptors (Lipinski definition) is 5. The second-order valence-corrected chi connectivity index (χ2v) is 2.66. The van der Waals surface area contributed by atoms with Gasteiger partial charge in [0.25, 0.3) is 0 Å². The first-order chi connectivity index (χ1) is 5.74.